The van der Waals surface area contributed by atoms with Gasteiger partial charge < -0.3 is 9.94 Å². The van der Waals surface area contributed by atoms with Crippen molar-refractivity contribution in [1.29, 1.82) is 0 Å². The van der Waals surface area contributed by atoms with Gasteiger partial charge in [0.1, 0.15) is 5.75 Å². The molecular weight excluding hydrogens is 226 g/mol. The number of aromatic hydroxyl groups is 1. The Labute approximate surface area is 106 Å². The van der Waals surface area contributed by atoms with Crippen molar-refractivity contribution in [3.05, 3.63) is 72.3 Å². The highest BCUT2D eigenvalue weighted by Gasteiger charge is 1.97. The normalized spacial score (nSPS) is 10.4. The molecule has 3 nitrogen and oxygen atoms in total. The SMILES string of the molecule is C=C(O/N=C/c1ccc(O)cc1)c1ccccc1. The lowest BCUT2D eigenvalue weighted by molar-refractivity contribution is 0.301. The van der Waals surface area contributed by atoms with Crippen molar-refractivity contribution in [2.24, 2.45) is 5.16 Å². The van der Waals surface area contributed by atoms with Crippen LogP contribution in [0.3, 0.4) is 0 Å². The van der Waals surface area contributed by atoms with Crippen LogP contribution in [0.5, 0.6) is 5.75 Å². The second kappa shape index (κ2) is 5.68. The minimum Gasteiger partial charge on any atom is -0.508 e. The maximum Gasteiger partial charge on any atom is 0.158 e. The summed E-state index contributed by atoms with van der Waals surface area (Å²) in [5, 5.41) is 13.0. The van der Waals surface area contributed by atoms with Gasteiger partial charge in [0, 0.05) is 5.56 Å². The average Bonchev–Trinajstić information content (AvgIpc) is 2.42. The van der Waals surface area contributed by atoms with Crippen LogP contribution >= 0.6 is 0 Å². The molecule has 0 radical (unpaired) electrons. The molecule has 0 spiro atoms. The standard InChI is InChI=1S/C15H13NO2/c1-12(14-5-3-2-4-6-14)18-16-11-13-7-9-15(17)10-8-13/h2-11,17H,1H2/b16-11+. The van der Waals surface area contributed by atoms with E-state index in [1.54, 1.807) is 30.5 Å². The number of hydrogen-bond donors (Lipinski definition) is 1. The third kappa shape index (κ3) is 3.22. The van der Waals surface area contributed by atoms with Crippen molar-refractivity contribution >= 4 is 12.0 Å². The average molecular weight is 239 g/mol. The molecule has 0 saturated heterocycles. The van der Waals surface area contributed by atoms with Crippen molar-refractivity contribution in [3.8, 4) is 5.75 Å². The van der Waals surface area contributed by atoms with Crippen LogP contribution in [0.25, 0.3) is 5.76 Å². The van der Waals surface area contributed by atoms with Crippen LogP contribution in [0.4, 0.5) is 0 Å². The van der Waals surface area contributed by atoms with Gasteiger partial charge in [0.25, 0.3) is 0 Å². The van der Waals surface area contributed by atoms with Crippen LogP contribution in [-0.2, 0) is 4.84 Å². The monoisotopic (exact) mass is 239 g/mol. The smallest absolute Gasteiger partial charge is 0.158 e. The zero-order valence-corrected chi connectivity index (χ0v) is 9.78. The van der Waals surface area contributed by atoms with E-state index in [2.05, 4.69) is 11.7 Å². The van der Waals surface area contributed by atoms with Gasteiger partial charge in [0.2, 0.25) is 0 Å². The minimum atomic E-state index is 0.224. The molecule has 0 amide bonds. The fourth-order valence-corrected chi connectivity index (χ4v) is 1.39. The predicted octanol–water partition coefficient (Wildman–Crippen LogP) is 3.41. The van der Waals surface area contributed by atoms with Crippen molar-refractivity contribution in [2.45, 2.75) is 0 Å². The zero-order valence-electron chi connectivity index (χ0n) is 9.78. The van der Waals surface area contributed by atoms with Gasteiger partial charge in [-0.3, -0.25) is 0 Å². The Morgan fingerprint density at radius 3 is 2.39 bits per heavy atom. The van der Waals surface area contributed by atoms with Gasteiger partial charge in [-0.2, -0.15) is 0 Å². The molecule has 0 unspecified atom stereocenters. The van der Waals surface area contributed by atoms with Gasteiger partial charge in [0.15, 0.2) is 5.76 Å². The minimum absolute atomic E-state index is 0.224. The van der Waals surface area contributed by atoms with Crippen LogP contribution < -0.4 is 0 Å². The molecule has 2 rings (SSSR count). The molecule has 1 N–H and O–H groups in total. The first-order valence-electron chi connectivity index (χ1n) is 5.49. The molecule has 2 aromatic carbocycles. The summed E-state index contributed by atoms with van der Waals surface area (Å²) in [6, 6.07) is 16.2. The zero-order chi connectivity index (χ0) is 12.8. The van der Waals surface area contributed by atoms with E-state index < -0.39 is 0 Å². The molecule has 0 heterocycles. The third-order valence-corrected chi connectivity index (χ3v) is 2.35. The Morgan fingerprint density at radius 1 is 1.06 bits per heavy atom. The summed E-state index contributed by atoms with van der Waals surface area (Å²) in [4.78, 5) is 5.17. The lowest BCUT2D eigenvalue weighted by Gasteiger charge is -2.01. The molecule has 0 aliphatic rings. The second-order valence-corrected chi connectivity index (χ2v) is 3.71. The molecule has 3 heteroatoms. The van der Waals surface area contributed by atoms with E-state index in [-0.39, 0.29) is 5.75 Å². The highest BCUT2D eigenvalue weighted by molar-refractivity contribution is 5.79. The Bertz CT molecular complexity index is 544. The highest BCUT2D eigenvalue weighted by Crippen LogP contribution is 2.13. The molecular formula is C15H13NO2. The molecule has 0 saturated carbocycles. The molecule has 18 heavy (non-hydrogen) atoms. The second-order valence-electron chi connectivity index (χ2n) is 3.71. The highest BCUT2D eigenvalue weighted by atomic mass is 16.6. The van der Waals surface area contributed by atoms with Gasteiger partial charge >= 0.3 is 0 Å². The summed E-state index contributed by atoms with van der Waals surface area (Å²) >= 11 is 0. The molecule has 0 atom stereocenters. The molecule has 0 aromatic heterocycles. The van der Waals surface area contributed by atoms with E-state index >= 15 is 0 Å². The van der Waals surface area contributed by atoms with Crippen LogP contribution in [0.2, 0.25) is 0 Å². The number of hydrogen-bond acceptors (Lipinski definition) is 3. The molecule has 0 aliphatic carbocycles. The summed E-state index contributed by atoms with van der Waals surface area (Å²) in [5.41, 5.74) is 1.73. The van der Waals surface area contributed by atoms with E-state index in [0.29, 0.717) is 5.76 Å². The number of rotatable bonds is 4. The molecule has 0 fully saturated rings. The summed E-state index contributed by atoms with van der Waals surface area (Å²) < 4.78 is 0. The first-order valence-corrected chi connectivity index (χ1v) is 5.49. The van der Waals surface area contributed by atoms with E-state index in [0.717, 1.165) is 11.1 Å². The largest absolute Gasteiger partial charge is 0.508 e. The Hall–Kier alpha value is -2.55. The fraction of sp³-hybridized carbons (Fsp3) is 0. The maximum atomic E-state index is 9.13. The van der Waals surface area contributed by atoms with Gasteiger partial charge in [0.05, 0.1) is 6.21 Å². The predicted molar refractivity (Wildman–Crippen MR) is 72.3 cm³/mol. The van der Waals surface area contributed by atoms with Crippen LogP contribution in [0.1, 0.15) is 11.1 Å². The Kier molecular flexibility index (Phi) is 3.76. The number of phenols is 1. The van der Waals surface area contributed by atoms with Crippen molar-refractivity contribution in [3.63, 3.8) is 0 Å². The first-order chi connectivity index (χ1) is 8.75. The molecule has 0 bridgehead atoms. The van der Waals surface area contributed by atoms with Crippen molar-refractivity contribution in [2.75, 3.05) is 0 Å². The maximum absolute atomic E-state index is 9.13. The Balaban J connectivity index is 1.96. The number of oxime groups is 1. The van der Waals surface area contributed by atoms with Crippen LogP contribution in [0.15, 0.2) is 66.3 Å². The van der Waals surface area contributed by atoms with E-state index in [9.17, 15) is 0 Å². The lowest BCUT2D eigenvalue weighted by Crippen LogP contribution is -1.86. The first kappa shape index (κ1) is 11.9. The fourth-order valence-electron chi connectivity index (χ4n) is 1.39. The van der Waals surface area contributed by atoms with Crippen molar-refractivity contribution < 1.29 is 9.94 Å². The number of phenolic OH excluding ortho intramolecular Hbond substituents is 1. The van der Waals surface area contributed by atoms with E-state index in [4.69, 9.17) is 9.94 Å². The topological polar surface area (TPSA) is 41.8 Å². The molecule has 90 valence electrons. The summed E-state index contributed by atoms with van der Waals surface area (Å²) in [6.45, 7) is 3.79. The number of benzene rings is 2. The van der Waals surface area contributed by atoms with Crippen LogP contribution in [0, 0.1) is 0 Å². The third-order valence-electron chi connectivity index (χ3n) is 2.35. The quantitative estimate of drug-likeness (QED) is 0.504. The summed E-state index contributed by atoms with van der Waals surface area (Å²) in [6.07, 6.45) is 1.56. The summed E-state index contributed by atoms with van der Waals surface area (Å²) in [7, 11) is 0. The van der Waals surface area contributed by atoms with Gasteiger partial charge in [-0.1, -0.05) is 42.1 Å². The van der Waals surface area contributed by atoms with Gasteiger partial charge in [-0.25, -0.2) is 0 Å². The Morgan fingerprint density at radius 2 is 1.72 bits per heavy atom. The van der Waals surface area contributed by atoms with Gasteiger partial charge in [-0.15, -0.1) is 0 Å². The molecule has 2 aromatic rings. The van der Waals surface area contributed by atoms with E-state index in [1.165, 1.54) is 0 Å². The van der Waals surface area contributed by atoms with Gasteiger partial charge in [-0.05, 0) is 29.8 Å². The number of nitrogens with zero attached hydrogens (tertiary/aromatic N) is 1. The molecule has 0 aliphatic heterocycles. The van der Waals surface area contributed by atoms with Crippen LogP contribution in [-0.4, -0.2) is 11.3 Å². The van der Waals surface area contributed by atoms with E-state index in [1.807, 2.05) is 30.3 Å². The lowest BCUT2D eigenvalue weighted by atomic mass is 10.2. The summed E-state index contributed by atoms with van der Waals surface area (Å²) in [5.74, 6) is 0.715. The van der Waals surface area contributed by atoms with Crippen molar-refractivity contribution in [1.82, 2.24) is 0 Å².